The molecule has 0 saturated heterocycles. The van der Waals surface area contributed by atoms with Crippen molar-refractivity contribution in [2.24, 2.45) is 5.10 Å². The highest BCUT2D eigenvalue weighted by atomic mass is 35.5. The van der Waals surface area contributed by atoms with Crippen molar-refractivity contribution in [2.45, 2.75) is 26.2 Å². The van der Waals surface area contributed by atoms with E-state index in [9.17, 15) is 9.59 Å². The fraction of sp³-hybridized carbons (Fsp3) is 0.250. The molecule has 0 spiro atoms. The number of hydrogen-bond donors (Lipinski definition) is 2. The summed E-state index contributed by atoms with van der Waals surface area (Å²) in [5.41, 5.74) is 4.79. The van der Waals surface area contributed by atoms with Crippen molar-refractivity contribution in [1.82, 2.24) is 5.43 Å². The van der Waals surface area contributed by atoms with Crippen molar-refractivity contribution in [2.75, 3.05) is 12.4 Å². The summed E-state index contributed by atoms with van der Waals surface area (Å²) in [6, 6.07) is 12.6. The van der Waals surface area contributed by atoms with Crippen LogP contribution in [0.25, 0.3) is 0 Å². The third kappa shape index (κ3) is 6.75. The Morgan fingerprint density at radius 3 is 2.52 bits per heavy atom. The van der Waals surface area contributed by atoms with E-state index < -0.39 is 0 Å². The Hall–Kier alpha value is -2.86. The van der Waals surface area contributed by atoms with Gasteiger partial charge in [-0.05, 0) is 60.9 Å². The third-order valence-corrected chi connectivity index (χ3v) is 4.28. The van der Waals surface area contributed by atoms with Gasteiger partial charge in [0.25, 0.3) is 0 Å². The molecule has 7 heteroatoms. The SMILES string of the molecule is COc1ccc(/C=N\NC(=O)CCCC(=O)Nc2cccc(Cl)c2C)cc1. The Balaban J connectivity index is 1.69. The van der Waals surface area contributed by atoms with E-state index in [0.717, 1.165) is 16.9 Å². The van der Waals surface area contributed by atoms with Crippen LogP contribution in [0, 0.1) is 6.92 Å². The van der Waals surface area contributed by atoms with Crippen LogP contribution in [0.5, 0.6) is 5.75 Å². The Morgan fingerprint density at radius 1 is 1.11 bits per heavy atom. The first-order chi connectivity index (χ1) is 13.0. The zero-order valence-corrected chi connectivity index (χ0v) is 16.0. The van der Waals surface area contributed by atoms with Crippen molar-refractivity contribution in [3.05, 3.63) is 58.6 Å². The molecule has 6 nitrogen and oxygen atoms in total. The molecule has 0 aliphatic carbocycles. The summed E-state index contributed by atoms with van der Waals surface area (Å²) < 4.78 is 5.07. The third-order valence-electron chi connectivity index (χ3n) is 3.87. The average Bonchev–Trinajstić information content (AvgIpc) is 2.66. The summed E-state index contributed by atoms with van der Waals surface area (Å²) in [6.45, 7) is 1.84. The van der Waals surface area contributed by atoms with E-state index in [-0.39, 0.29) is 24.7 Å². The lowest BCUT2D eigenvalue weighted by Gasteiger charge is -2.09. The second-order valence-corrected chi connectivity index (χ2v) is 6.29. The highest BCUT2D eigenvalue weighted by molar-refractivity contribution is 6.31. The fourth-order valence-electron chi connectivity index (χ4n) is 2.29. The summed E-state index contributed by atoms with van der Waals surface area (Å²) in [4.78, 5) is 23.8. The standard InChI is InChI=1S/C20H22ClN3O3/c1-14-17(21)5-3-6-18(14)23-19(25)7-4-8-20(26)24-22-13-15-9-11-16(27-2)12-10-15/h3,5-6,9-13H,4,7-8H2,1-2H3,(H,23,25)(H,24,26)/b22-13-. The van der Waals surface area contributed by atoms with Gasteiger partial charge in [0.1, 0.15) is 5.75 Å². The molecule has 2 rings (SSSR count). The lowest BCUT2D eigenvalue weighted by atomic mass is 10.2. The van der Waals surface area contributed by atoms with Gasteiger partial charge in [-0.2, -0.15) is 5.10 Å². The summed E-state index contributed by atoms with van der Waals surface area (Å²) in [5.74, 6) is 0.351. The molecule has 0 unspecified atom stereocenters. The normalized spacial score (nSPS) is 10.6. The van der Waals surface area contributed by atoms with Gasteiger partial charge in [0.2, 0.25) is 11.8 Å². The van der Waals surface area contributed by atoms with Crippen LogP contribution in [0.3, 0.4) is 0 Å². The number of hydrazone groups is 1. The van der Waals surface area contributed by atoms with Gasteiger partial charge >= 0.3 is 0 Å². The number of hydrogen-bond acceptors (Lipinski definition) is 4. The van der Waals surface area contributed by atoms with Gasteiger partial charge in [-0.15, -0.1) is 0 Å². The maximum Gasteiger partial charge on any atom is 0.240 e. The zero-order chi connectivity index (χ0) is 19.6. The molecule has 0 aliphatic rings. The molecular weight excluding hydrogens is 366 g/mol. The molecule has 27 heavy (non-hydrogen) atoms. The van der Waals surface area contributed by atoms with Crippen LogP contribution in [0.4, 0.5) is 5.69 Å². The Kier molecular flexibility index (Phi) is 7.82. The average molecular weight is 388 g/mol. The second-order valence-electron chi connectivity index (χ2n) is 5.88. The number of rotatable bonds is 8. The lowest BCUT2D eigenvalue weighted by Crippen LogP contribution is -2.18. The van der Waals surface area contributed by atoms with Crippen LogP contribution in [0.2, 0.25) is 5.02 Å². The van der Waals surface area contributed by atoms with Crippen LogP contribution < -0.4 is 15.5 Å². The monoisotopic (exact) mass is 387 g/mol. The van der Waals surface area contributed by atoms with E-state index in [0.29, 0.717) is 17.1 Å². The number of amides is 2. The Labute approximate surface area is 163 Å². The predicted octanol–water partition coefficient (Wildman–Crippen LogP) is 3.92. The number of carbonyl (C=O) groups is 2. The number of nitrogens with one attached hydrogen (secondary N) is 2. The topological polar surface area (TPSA) is 79.8 Å². The largest absolute Gasteiger partial charge is 0.497 e. The van der Waals surface area contributed by atoms with Gasteiger partial charge in [-0.1, -0.05) is 17.7 Å². The van der Waals surface area contributed by atoms with E-state index in [4.69, 9.17) is 16.3 Å². The number of benzene rings is 2. The Bertz CT molecular complexity index is 820. The summed E-state index contributed by atoms with van der Waals surface area (Å²) >= 11 is 6.03. The first-order valence-electron chi connectivity index (χ1n) is 8.50. The highest BCUT2D eigenvalue weighted by Gasteiger charge is 2.08. The quantitative estimate of drug-likeness (QED) is 0.532. The molecule has 0 radical (unpaired) electrons. The molecule has 2 aromatic rings. The fourth-order valence-corrected chi connectivity index (χ4v) is 2.46. The van der Waals surface area contributed by atoms with Gasteiger partial charge < -0.3 is 10.1 Å². The first-order valence-corrected chi connectivity index (χ1v) is 8.88. The molecule has 2 amide bonds. The van der Waals surface area contributed by atoms with Gasteiger partial charge in [-0.3, -0.25) is 9.59 Å². The molecule has 0 saturated carbocycles. The van der Waals surface area contributed by atoms with Crippen molar-refractivity contribution >= 4 is 35.3 Å². The molecule has 2 N–H and O–H groups in total. The van der Waals surface area contributed by atoms with Crippen LogP contribution >= 0.6 is 11.6 Å². The lowest BCUT2D eigenvalue weighted by molar-refractivity contribution is -0.121. The number of carbonyl (C=O) groups excluding carboxylic acids is 2. The van der Waals surface area contributed by atoms with Crippen molar-refractivity contribution < 1.29 is 14.3 Å². The molecule has 0 fully saturated rings. The van der Waals surface area contributed by atoms with Gasteiger partial charge in [0.15, 0.2) is 0 Å². The van der Waals surface area contributed by atoms with Crippen LogP contribution in [-0.2, 0) is 9.59 Å². The summed E-state index contributed by atoms with van der Waals surface area (Å²) in [6.07, 6.45) is 2.42. The number of halogens is 1. The predicted molar refractivity (Wildman–Crippen MR) is 107 cm³/mol. The van der Waals surface area contributed by atoms with Crippen LogP contribution in [0.1, 0.15) is 30.4 Å². The van der Waals surface area contributed by atoms with Gasteiger partial charge in [-0.25, -0.2) is 5.43 Å². The number of methoxy groups -OCH3 is 1. The van der Waals surface area contributed by atoms with E-state index in [1.54, 1.807) is 31.5 Å². The van der Waals surface area contributed by atoms with Crippen LogP contribution in [0.15, 0.2) is 47.6 Å². The summed E-state index contributed by atoms with van der Waals surface area (Å²) in [7, 11) is 1.60. The minimum atomic E-state index is -0.244. The van der Waals surface area contributed by atoms with Crippen LogP contribution in [-0.4, -0.2) is 25.1 Å². The van der Waals surface area contributed by atoms with Crippen molar-refractivity contribution in [3.8, 4) is 5.75 Å². The van der Waals surface area contributed by atoms with E-state index in [1.165, 1.54) is 0 Å². The van der Waals surface area contributed by atoms with E-state index >= 15 is 0 Å². The molecule has 0 bridgehead atoms. The molecular formula is C20H22ClN3O3. The molecule has 0 atom stereocenters. The molecule has 142 valence electrons. The number of anilines is 1. The minimum Gasteiger partial charge on any atom is -0.497 e. The van der Waals surface area contributed by atoms with Crippen molar-refractivity contribution in [3.63, 3.8) is 0 Å². The highest BCUT2D eigenvalue weighted by Crippen LogP contribution is 2.23. The maximum absolute atomic E-state index is 12.0. The number of ether oxygens (including phenoxy) is 1. The maximum atomic E-state index is 12.0. The second kappa shape index (κ2) is 10.3. The van der Waals surface area contributed by atoms with Gasteiger partial charge in [0.05, 0.1) is 13.3 Å². The molecule has 2 aromatic carbocycles. The summed E-state index contributed by atoms with van der Waals surface area (Å²) in [5, 5.41) is 7.31. The molecule has 0 aliphatic heterocycles. The molecule has 0 heterocycles. The zero-order valence-electron chi connectivity index (χ0n) is 15.3. The van der Waals surface area contributed by atoms with Gasteiger partial charge in [0, 0.05) is 23.6 Å². The minimum absolute atomic E-state index is 0.157. The van der Waals surface area contributed by atoms with E-state index in [2.05, 4.69) is 15.8 Å². The number of nitrogens with zero attached hydrogens (tertiary/aromatic N) is 1. The smallest absolute Gasteiger partial charge is 0.240 e. The van der Waals surface area contributed by atoms with Crippen molar-refractivity contribution in [1.29, 1.82) is 0 Å². The first kappa shape index (κ1) is 20.5. The van der Waals surface area contributed by atoms with E-state index in [1.807, 2.05) is 31.2 Å². The Morgan fingerprint density at radius 2 is 1.81 bits per heavy atom. The molecule has 0 aromatic heterocycles.